The summed E-state index contributed by atoms with van der Waals surface area (Å²) in [4.78, 5) is 239. The number of primary amides is 1. The van der Waals surface area contributed by atoms with E-state index in [2.05, 4.69) is 105 Å². The zero-order chi connectivity index (χ0) is 92.6. The molecule has 44 heteroatoms. The first kappa shape index (κ1) is 103. The Bertz CT molecular complexity index is 4410. The molecule has 1 fully saturated rings. The molecule has 1 aliphatic rings. The van der Waals surface area contributed by atoms with Gasteiger partial charge in [0.2, 0.25) is 82.7 Å². The fourth-order valence-corrected chi connectivity index (χ4v) is 13.9. The Morgan fingerprint density at radius 2 is 0.832 bits per heavy atom. The van der Waals surface area contributed by atoms with E-state index in [1.54, 1.807) is 119 Å². The van der Waals surface area contributed by atoms with Crippen LogP contribution in [-0.4, -0.2) is 254 Å². The van der Waals surface area contributed by atoms with Crippen molar-refractivity contribution in [1.82, 2.24) is 84.3 Å². The Labute approximate surface area is 732 Å². The van der Waals surface area contributed by atoms with Crippen LogP contribution in [-0.2, 0) is 101 Å². The summed E-state index contributed by atoms with van der Waals surface area (Å²) in [7, 11) is 0. The maximum absolute atomic E-state index is 15.1. The van der Waals surface area contributed by atoms with Crippen molar-refractivity contribution in [2.24, 2.45) is 34.8 Å². The Morgan fingerprint density at radius 3 is 1.29 bits per heavy atom. The van der Waals surface area contributed by atoms with Gasteiger partial charge in [-0.2, -0.15) is 25.3 Å². The molecule has 0 unspecified atom stereocenters. The number of amides is 14. The van der Waals surface area contributed by atoms with Crippen LogP contribution < -0.4 is 97.4 Å². The van der Waals surface area contributed by atoms with Gasteiger partial charge in [-0.05, 0) is 105 Å². The summed E-state index contributed by atoms with van der Waals surface area (Å²) in [5.74, 6) is -19.6. The number of fused-ring (bicyclic) bond motifs is 1. The highest BCUT2D eigenvalue weighted by Gasteiger charge is 2.40. The number of hydrogen-bond acceptors (Lipinski definition) is 22. The van der Waals surface area contributed by atoms with E-state index < -0.39 is 242 Å². The number of aromatic nitrogens is 1. The maximum atomic E-state index is 15.1. The molecule has 0 saturated carbocycles. The van der Waals surface area contributed by atoms with E-state index in [9.17, 15) is 92.0 Å². The van der Waals surface area contributed by atoms with E-state index >= 15 is 4.79 Å². The highest BCUT2D eigenvalue weighted by atomic mass is 32.1. The Hall–Kier alpha value is -12.6. The summed E-state index contributed by atoms with van der Waals surface area (Å²) < 4.78 is 0. The largest absolute Gasteiger partial charge is 0.481 e. The number of hydrogen-bond donors (Lipinski definition) is 26. The average molecular weight is 1780 g/mol. The molecule has 4 aromatic rings. The van der Waals surface area contributed by atoms with Crippen molar-refractivity contribution in [1.29, 1.82) is 10.8 Å². The van der Waals surface area contributed by atoms with Crippen LogP contribution in [0.5, 0.6) is 0 Å². The third-order valence-corrected chi connectivity index (χ3v) is 20.7. The first-order chi connectivity index (χ1) is 59.3. The molecule has 1 aromatic heterocycles. The molecule has 0 aliphatic carbocycles. The lowest BCUT2D eigenvalue weighted by atomic mass is 9.99. The van der Waals surface area contributed by atoms with E-state index in [1.807, 2.05) is 0 Å². The van der Waals surface area contributed by atoms with Crippen LogP contribution >= 0.6 is 25.3 Å². The number of guanidine groups is 2. The van der Waals surface area contributed by atoms with Crippen molar-refractivity contribution >= 4 is 149 Å². The highest BCUT2D eigenvalue weighted by Crippen LogP contribution is 2.23. The standard InChI is InChI=1S/C81H118N22O20S2/c1-43(2)34-56(74(117)102-61(42-125)77(120)96-55(27-30-66(108)109)71(114)93-52(23-14-32-89-81(86)87)70(113)98-58(36-45-16-7-5-8-17-45)75(118)101-60(79(122)123)37-46-18-9-6-10-19-46)97-76(119)59(38-47-39-90-50-21-12-11-20-48(47)50)99-72(115)54(25-28-63(83)104)95-73(116)57(35-44(3)4)100-78(121)62-24-15-33-103(62)64(105)40-91-68(111)53(26-29-65(106)107)94-69(112)51(22-13-31-88-80(84)85)92-67(110)49(82)41-124/h5-12,16-21,39,43-44,49,51-62,90,124-125H,13-15,22-38,40-42,82H2,1-4H3,(H2,83,104)(H,91,111)(H,92,110)(H,93,114)(H,94,112)(H,95,116)(H,96,120)(H,97,119)(H,98,113)(H,99,115)(H,100,121)(H,101,118)(H,102,117)(H,106,107)(H,108,109)(H,122,123)(H4,84,85,88)(H4,86,87,89)/t49-,51-,52-,53-,54-,55-,56-,57-,58-,59-,60-,61-,62-/m0/s1. The van der Waals surface area contributed by atoms with Crippen LogP contribution in [0, 0.1) is 22.7 Å². The van der Waals surface area contributed by atoms with Gasteiger partial charge in [-0.15, -0.1) is 0 Å². The zero-order valence-corrected chi connectivity index (χ0v) is 71.8. The second-order valence-corrected chi connectivity index (χ2v) is 31.7. The number of nitrogens with zero attached hydrogens (tertiary/aromatic N) is 1. The molecule has 0 radical (unpaired) electrons. The number of carboxylic acids is 3. The molecule has 0 bridgehead atoms. The zero-order valence-electron chi connectivity index (χ0n) is 70.0. The molecule has 684 valence electrons. The van der Waals surface area contributed by atoms with E-state index in [4.69, 9.17) is 33.8 Å². The summed E-state index contributed by atoms with van der Waals surface area (Å²) in [6.45, 7) is 6.16. The molecular weight excluding hydrogens is 1670 g/mol. The van der Waals surface area contributed by atoms with Crippen LogP contribution in [0.25, 0.3) is 10.9 Å². The lowest BCUT2D eigenvalue weighted by Crippen LogP contribution is -2.61. The minimum atomic E-state index is -1.77. The molecule has 42 nitrogen and oxygen atoms in total. The number of carboxylic acid groups (broad SMARTS) is 3. The molecule has 1 saturated heterocycles. The van der Waals surface area contributed by atoms with Crippen molar-refractivity contribution in [3.8, 4) is 0 Å². The first-order valence-corrected chi connectivity index (χ1v) is 42.2. The molecule has 2 heterocycles. The molecule has 0 spiro atoms. The lowest BCUT2D eigenvalue weighted by Gasteiger charge is -2.29. The third-order valence-electron chi connectivity index (χ3n) is 20.0. The van der Waals surface area contributed by atoms with Gasteiger partial charge in [-0.25, -0.2) is 4.79 Å². The van der Waals surface area contributed by atoms with Crippen molar-refractivity contribution < 1.29 is 96.8 Å². The van der Waals surface area contributed by atoms with Crippen molar-refractivity contribution in [2.75, 3.05) is 37.7 Å². The van der Waals surface area contributed by atoms with Gasteiger partial charge < -0.3 is 123 Å². The number of nitrogens with two attached hydrogens (primary N) is 4. The number of para-hydroxylation sites is 1. The van der Waals surface area contributed by atoms with Crippen molar-refractivity contribution in [2.45, 2.75) is 215 Å². The third kappa shape index (κ3) is 36.4. The van der Waals surface area contributed by atoms with Crippen LogP contribution in [0.4, 0.5) is 0 Å². The number of nitrogens with one attached hydrogen (secondary N) is 17. The van der Waals surface area contributed by atoms with Crippen molar-refractivity contribution in [3.05, 3.63) is 108 Å². The van der Waals surface area contributed by atoms with Gasteiger partial charge in [-0.3, -0.25) is 87.5 Å². The molecule has 28 N–H and O–H groups in total. The van der Waals surface area contributed by atoms with Crippen LogP contribution in [0.2, 0.25) is 0 Å². The van der Waals surface area contributed by atoms with E-state index in [-0.39, 0.29) is 108 Å². The van der Waals surface area contributed by atoms with Gasteiger partial charge in [0.15, 0.2) is 11.9 Å². The minimum Gasteiger partial charge on any atom is -0.481 e. The number of thiol groups is 2. The number of carbonyl (C=O) groups excluding carboxylic acids is 14. The van der Waals surface area contributed by atoms with Gasteiger partial charge in [0, 0.05) is 86.8 Å². The number of aromatic amines is 1. The Balaban J connectivity index is 1.37. The van der Waals surface area contributed by atoms with Gasteiger partial charge in [0.25, 0.3) is 0 Å². The minimum absolute atomic E-state index is 0.00988. The molecule has 14 amide bonds. The second kappa shape index (κ2) is 52.8. The van der Waals surface area contributed by atoms with Gasteiger partial charge in [-0.1, -0.05) is 107 Å². The number of benzene rings is 3. The number of carbonyl (C=O) groups is 17. The lowest BCUT2D eigenvalue weighted by molar-refractivity contribution is -0.142. The van der Waals surface area contributed by atoms with Crippen LogP contribution in [0.3, 0.4) is 0 Å². The van der Waals surface area contributed by atoms with Crippen molar-refractivity contribution in [3.63, 3.8) is 0 Å². The normalized spacial score (nSPS) is 15.2. The monoisotopic (exact) mass is 1780 g/mol. The molecule has 125 heavy (non-hydrogen) atoms. The van der Waals surface area contributed by atoms with Crippen LogP contribution in [0.1, 0.15) is 134 Å². The summed E-state index contributed by atoms with van der Waals surface area (Å²) >= 11 is 8.36. The van der Waals surface area contributed by atoms with Gasteiger partial charge in [0.1, 0.15) is 72.5 Å². The van der Waals surface area contributed by atoms with E-state index in [0.717, 1.165) is 4.90 Å². The topological polar surface area (TPSA) is 690 Å². The predicted octanol–water partition coefficient (Wildman–Crippen LogP) is -3.48. The Kier molecular flexibility index (Phi) is 43.5. The molecule has 5 rings (SSSR count). The number of H-pyrrole nitrogens is 1. The highest BCUT2D eigenvalue weighted by molar-refractivity contribution is 7.80. The van der Waals surface area contributed by atoms with E-state index in [0.29, 0.717) is 27.6 Å². The quantitative estimate of drug-likeness (QED) is 0.00883. The Morgan fingerprint density at radius 1 is 0.448 bits per heavy atom. The van der Waals surface area contributed by atoms with Gasteiger partial charge in [0.05, 0.1) is 12.6 Å². The number of rotatable bonds is 55. The SMILES string of the molecule is CC(C)C[C@H](NC(=O)[C@H](Cc1c[nH]c2ccccc12)NC(=O)[C@H](CCC(N)=O)NC(=O)[C@H](CC(C)C)NC(=O)[C@@H]1CCCN1C(=O)CNC(=O)[C@H](CCC(=O)O)NC(=O)[C@H](CCCNC(=N)N)NC(=O)[C@@H](N)CS)C(=O)N[C@@H](CS)C(=O)N[C@@H](CCC(=O)O)C(=O)N[C@@H](CCCNC(=N)N)C(=O)N[C@@H](Cc1ccccc1)C(=O)N[C@@H](Cc1ccccc1)C(=O)O. The summed E-state index contributed by atoms with van der Waals surface area (Å²) in [6, 6.07) is 4.25. The maximum Gasteiger partial charge on any atom is 0.326 e. The summed E-state index contributed by atoms with van der Waals surface area (Å²) in [5, 5.41) is 81.0. The molecule has 3 aromatic carbocycles. The average Bonchev–Trinajstić information content (AvgIpc) is 1.72. The number of aliphatic carboxylic acids is 3. The first-order valence-electron chi connectivity index (χ1n) is 40.9. The number of likely N-dealkylation sites (tertiary alicyclic amines) is 1. The second-order valence-electron chi connectivity index (χ2n) is 31.0. The van der Waals surface area contributed by atoms with Gasteiger partial charge >= 0.3 is 17.9 Å². The molecule has 1 aliphatic heterocycles. The molecular formula is C81H118N22O20S2. The smallest absolute Gasteiger partial charge is 0.326 e. The molecule has 13 atom stereocenters. The van der Waals surface area contributed by atoms with E-state index in [1.165, 1.54) is 0 Å². The summed E-state index contributed by atoms with van der Waals surface area (Å²) in [5.41, 5.74) is 24.5. The fraction of sp³-hybridized carbons (Fsp3) is 0.519. The predicted molar refractivity (Wildman–Crippen MR) is 464 cm³/mol. The fourth-order valence-electron chi connectivity index (χ4n) is 13.5. The summed E-state index contributed by atoms with van der Waals surface area (Å²) in [6.07, 6.45) is -2.43. The van der Waals surface area contributed by atoms with Crippen LogP contribution in [0.15, 0.2) is 91.1 Å².